The lowest BCUT2D eigenvalue weighted by atomic mass is 9.99. The molecule has 0 spiro atoms. The molecule has 8 aromatic carbocycles. The summed E-state index contributed by atoms with van der Waals surface area (Å²) in [7, 11) is 0. The summed E-state index contributed by atoms with van der Waals surface area (Å²) in [5.41, 5.74) is 8.55. The molecule has 6 heteroatoms. The van der Waals surface area contributed by atoms with Crippen molar-refractivity contribution in [2.45, 2.75) is 0 Å². The lowest BCUT2D eigenvalue weighted by Crippen LogP contribution is -2.31. The van der Waals surface area contributed by atoms with Gasteiger partial charge in [0.25, 0.3) is 0 Å². The fraction of sp³-hybridized carbons (Fsp3) is 0. The summed E-state index contributed by atoms with van der Waals surface area (Å²) in [6.07, 6.45) is 2.26. The second-order valence-corrected chi connectivity index (χ2v) is 15.7. The van der Waals surface area contributed by atoms with E-state index in [2.05, 4.69) is 185 Å². The summed E-state index contributed by atoms with van der Waals surface area (Å²) < 4.78 is 7.13. The Morgan fingerprint density at radius 3 is 1.78 bits per heavy atom. The van der Waals surface area contributed by atoms with E-state index in [9.17, 15) is 0 Å². The molecule has 0 aliphatic carbocycles. The predicted molar refractivity (Wildman–Crippen MR) is 240 cm³/mol. The van der Waals surface area contributed by atoms with Gasteiger partial charge in [0, 0.05) is 82.3 Å². The first kappa shape index (κ1) is 32.7. The van der Waals surface area contributed by atoms with E-state index in [1.165, 1.54) is 47.2 Å². The van der Waals surface area contributed by atoms with Crippen molar-refractivity contribution in [1.29, 1.82) is 0 Å². The van der Waals surface area contributed by atoms with Crippen LogP contribution < -0.4 is 4.57 Å². The maximum absolute atomic E-state index is 5.26. The minimum Gasteiger partial charge on any atom is -0.309 e. The van der Waals surface area contributed by atoms with Gasteiger partial charge in [0.1, 0.15) is 0 Å². The van der Waals surface area contributed by atoms with E-state index in [0.29, 0.717) is 17.5 Å². The van der Waals surface area contributed by atoms with Crippen LogP contribution >= 0.6 is 11.3 Å². The highest BCUT2D eigenvalue weighted by atomic mass is 32.1. The molecule has 5 nitrogen and oxygen atoms in total. The van der Waals surface area contributed by atoms with Crippen LogP contribution in [0, 0.1) is 0 Å². The van der Waals surface area contributed by atoms with Crippen LogP contribution in [0.1, 0.15) is 0 Å². The molecular formula is C52H32N5S+. The second kappa shape index (κ2) is 13.0. The van der Waals surface area contributed by atoms with Gasteiger partial charge in [-0.2, -0.15) is 4.57 Å². The lowest BCUT2D eigenvalue weighted by molar-refractivity contribution is -0.565. The number of fused-ring (bicyclic) bond motifs is 10. The van der Waals surface area contributed by atoms with E-state index >= 15 is 0 Å². The lowest BCUT2D eigenvalue weighted by Gasteiger charge is -2.10. The molecule has 12 rings (SSSR count). The first-order valence-electron chi connectivity index (χ1n) is 19.4. The Hall–Kier alpha value is -7.54. The van der Waals surface area contributed by atoms with Gasteiger partial charge in [-0.3, -0.25) is 0 Å². The summed E-state index contributed by atoms with van der Waals surface area (Å²) >= 11 is 1.83. The minimum atomic E-state index is 0.637. The van der Waals surface area contributed by atoms with Gasteiger partial charge in [-0.15, -0.1) is 11.3 Å². The third kappa shape index (κ3) is 5.16. The summed E-state index contributed by atoms with van der Waals surface area (Å²) in [6.45, 7) is 0. The van der Waals surface area contributed by atoms with Crippen molar-refractivity contribution in [3.05, 3.63) is 194 Å². The van der Waals surface area contributed by atoms with E-state index in [1.54, 1.807) is 0 Å². The maximum atomic E-state index is 5.26. The molecule has 0 saturated heterocycles. The van der Waals surface area contributed by atoms with Gasteiger partial charge < -0.3 is 4.57 Å². The number of pyridine rings is 1. The third-order valence-electron chi connectivity index (χ3n) is 11.3. The molecule has 4 heterocycles. The SMILES string of the molecule is c1ccc(-c2nc(-c3ccc4sc5ccc6c(c7ccccc7c[n+]6-c6ccccc6)c5c4c3)nc(-c3ccc4c(c3)c3ccccc3n4-c3ccccc3)n2)cc1. The summed E-state index contributed by atoms with van der Waals surface area (Å²) in [5.74, 6) is 1.92. The zero-order chi connectivity index (χ0) is 38.2. The standard InChI is InChI=1S/C52H32N5S/c1-4-14-33(15-5-1)50-53-51(34-24-26-44-41(30-34)40-22-12-13-23-43(40)57(44)38-19-8-3-9-20-38)55-52(54-50)35-25-28-46-42(31-35)49-47(58-46)29-27-45-48(49)39-21-11-10-16-36(39)32-56(45)37-17-6-2-7-18-37/h1-32H/q+1. The van der Waals surface area contributed by atoms with E-state index in [-0.39, 0.29) is 0 Å². The van der Waals surface area contributed by atoms with Crippen LogP contribution in [0.4, 0.5) is 0 Å². The number of thiophene rings is 1. The van der Waals surface area contributed by atoms with Crippen molar-refractivity contribution in [2.24, 2.45) is 0 Å². The topological polar surface area (TPSA) is 47.5 Å². The van der Waals surface area contributed by atoms with Gasteiger partial charge in [0.15, 0.2) is 23.7 Å². The highest BCUT2D eigenvalue weighted by molar-refractivity contribution is 7.26. The predicted octanol–water partition coefficient (Wildman–Crippen LogP) is 12.9. The fourth-order valence-corrected chi connectivity index (χ4v) is 9.73. The monoisotopic (exact) mass is 758 g/mol. The number of benzene rings is 8. The molecule has 0 saturated carbocycles. The van der Waals surface area contributed by atoms with Crippen LogP contribution in [0.25, 0.3) is 109 Å². The van der Waals surface area contributed by atoms with Crippen molar-refractivity contribution >= 4 is 75.0 Å². The highest BCUT2D eigenvalue weighted by Crippen LogP contribution is 2.42. The van der Waals surface area contributed by atoms with E-state index in [1.807, 2.05) is 29.5 Å². The van der Waals surface area contributed by atoms with Gasteiger partial charge in [-0.25, -0.2) is 15.0 Å². The zero-order valence-electron chi connectivity index (χ0n) is 31.1. The molecule has 58 heavy (non-hydrogen) atoms. The Balaban J connectivity index is 1.09. The Morgan fingerprint density at radius 2 is 1.00 bits per heavy atom. The number of hydrogen-bond donors (Lipinski definition) is 0. The fourth-order valence-electron chi connectivity index (χ4n) is 8.64. The van der Waals surface area contributed by atoms with Gasteiger partial charge in [-0.1, -0.05) is 103 Å². The summed E-state index contributed by atoms with van der Waals surface area (Å²) in [6, 6.07) is 66.5. The molecule has 0 unspecified atom stereocenters. The van der Waals surface area contributed by atoms with Crippen molar-refractivity contribution in [1.82, 2.24) is 19.5 Å². The van der Waals surface area contributed by atoms with Gasteiger partial charge in [-0.05, 0) is 66.7 Å². The van der Waals surface area contributed by atoms with Gasteiger partial charge >= 0.3 is 0 Å². The minimum absolute atomic E-state index is 0.637. The molecule has 0 fully saturated rings. The van der Waals surface area contributed by atoms with E-state index in [4.69, 9.17) is 15.0 Å². The van der Waals surface area contributed by atoms with Crippen molar-refractivity contribution in [2.75, 3.05) is 0 Å². The smallest absolute Gasteiger partial charge is 0.219 e. The average Bonchev–Trinajstić information content (AvgIpc) is 3.84. The van der Waals surface area contributed by atoms with Crippen LogP contribution in [-0.4, -0.2) is 19.5 Å². The van der Waals surface area contributed by atoms with Crippen LogP contribution in [0.5, 0.6) is 0 Å². The quantitative estimate of drug-likeness (QED) is 0.130. The molecule has 0 N–H and O–H groups in total. The van der Waals surface area contributed by atoms with Crippen molar-refractivity contribution in [3.8, 4) is 45.5 Å². The number of rotatable bonds is 5. The zero-order valence-corrected chi connectivity index (χ0v) is 31.9. The van der Waals surface area contributed by atoms with Crippen molar-refractivity contribution in [3.63, 3.8) is 0 Å². The first-order valence-corrected chi connectivity index (χ1v) is 20.3. The third-order valence-corrected chi connectivity index (χ3v) is 12.4. The normalized spacial score (nSPS) is 11.8. The van der Waals surface area contributed by atoms with Gasteiger partial charge in [0.2, 0.25) is 11.2 Å². The molecule has 0 bridgehead atoms. The van der Waals surface area contributed by atoms with E-state index in [0.717, 1.165) is 44.5 Å². The molecule has 0 atom stereocenters. The second-order valence-electron chi connectivity index (χ2n) is 14.7. The van der Waals surface area contributed by atoms with Crippen LogP contribution in [-0.2, 0) is 0 Å². The van der Waals surface area contributed by atoms with Gasteiger partial charge in [0.05, 0.1) is 16.4 Å². The molecule has 0 aliphatic heterocycles. The molecule has 4 aromatic heterocycles. The van der Waals surface area contributed by atoms with E-state index < -0.39 is 0 Å². The molecule has 270 valence electrons. The summed E-state index contributed by atoms with van der Waals surface area (Å²) in [4.78, 5) is 15.6. The molecule has 0 aliphatic rings. The molecule has 0 radical (unpaired) electrons. The van der Waals surface area contributed by atoms with Crippen LogP contribution in [0.3, 0.4) is 0 Å². The maximum Gasteiger partial charge on any atom is 0.219 e. The number of nitrogens with zero attached hydrogens (tertiary/aromatic N) is 5. The molecular weight excluding hydrogens is 727 g/mol. The highest BCUT2D eigenvalue weighted by Gasteiger charge is 2.22. The molecule has 0 amide bonds. The van der Waals surface area contributed by atoms with Crippen LogP contribution in [0.2, 0.25) is 0 Å². The largest absolute Gasteiger partial charge is 0.309 e. The average molecular weight is 759 g/mol. The number of para-hydroxylation sites is 3. The van der Waals surface area contributed by atoms with Crippen molar-refractivity contribution < 1.29 is 4.57 Å². The Morgan fingerprint density at radius 1 is 0.414 bits per heavy atom. The summed E-state index contributed by atoms with van der Waals surface area (Å²) in [5, 5.41) is 8.45. The van der Waals surface area contributed by atoms with Crippen LogP contribution in [0.15, 0.2) is 194 Å². The number of hydrogen-bond acceptors (Lipinski definition) is 4. The Bertz CT molecular complexity index is 3560. The molecule has 12 aromatic rings. The first-order chi connectivity index (χ1) is 28.7. The number of aromatic nitrogens is 5. The Labute approximate surface area is 337 Å². The Kier molecular flexibility index (Phi) is 7.33.